The number of benzene rings is 1. The van der Waals surface area contributed by atoms with Crippen molar-refractivity contribution in [3.05, 3.63) is 29.8 Å². The second-order valence-corrected chi connectivity index (χ2v) is 3.53. The number of hydrogen-bond donors (Lipinski definition) is 3. The van der Waals surface area contributed by atoms with Gasteiger partial charge in [-0.2, -0.15) is 0 Å². The molecule has 0 aliphatic heterocycles. The highest BCUT2D eigenvalue weighted by atomic mass is 16.3. The van der Waals surface area contributed by atoms with Gasteiger partial charge in [0, 0.05) is 25.4 Å². The van der Waals surface area contributed by atoms with E-state index in [1.165, 1.54) is 0 Å². The van der Waals surface area contributed by atoms with E-state index in [2.05, 4.69) is 5.32 Å². The average molecular weight is 209 g/mol. The van der Waals surface area contributed by atoms with Crippen molar-refractivity contribution < 1.29 is 10.2 Å². The molecule has 1 rings (SSSR count). The second kappa shape index (κ2) is 7.26. The van der Waals surface area contributed by atoms with Crippen molar-refractivity contribution in [3.63, 3.8) is 0 Å². The van der Waals surface area contributed by atoms with Crippen LogP contribution in [0.4, 0.5) is 5.69 Å². The van der Waals surface area contributed by atoms with Gasteiger partial charge in [0.25, 0.3) is 0 Å². The Morgan fingerprint density at radius 3 is 2.27 bits per heavy atom. The van der Waals surface area contributed by atoms with Crippen LogP contribution in [0.3, 0.4) is 0 Å². The molecule has 0 unspecified atom stereocenters. The summed E-state index contributed by atoms with van der Waals surface area (Å²) in [6, 6.07) is 8.07. The van der Waals surface area contributed by atoms with E-state index in [4.69, 9.17) is 10.2 Å². The number of nitrogens with one attached hydrogen (secondary N) is 1. The first-order chi connectivity index (χ1) is 7.36. The van der Waals surface area contributed by atoms with Crippen LogP contribution in [-0.2, 0) is 6.42 Å². The van der Waals surface area contributed by atoms with Gasteiger partial charge in [-0.3, -0.25) is 0 Å². The molecule has 0 fully saturated rings. The van der Waals surface area contributed by atoms with E-state index < -0.39 is 0 Å². The van der Waals surface area contributed by atoms with E-state index in [0.717, 1.165) is 30.6 Å². The lowest BCUT2D eigenvalue weighted by Gasteiger charge is -2.06. The van der Waals surface area contributed by atoms with Crippen molar-refractivity contribution in [1.82, 2.24) is 0 Å². The zero-order valence-electron chi connectivity index (χ0n) is 8.95. The van der Waals surface area contributed by atoms with Crippen LogP contribution >= 0.6 is 0 Å². The smallest absolute Gasteiger partial charge is 0.0471 e. The first-order valence-electron chi connectivity index (χ1n) is 5.41. The molecule has 1 aromatic rings. The van der Waals surface area contributed by atoms with Gasteiger partial charge in [0.2, 0.25) is 0 Å². The van der Waals surface area contributed by atoms with Gasteiger partial charge in [0.1, 0.15) is 0 Å². The van der Waals surface area contributed by atoms with Crippen LogP contribution in [0, 0.1) is 0 Å². The first kappa shape index (κ1) is 12.0. The number of hydrogen-bond acceptors (Lipinski definition) is 3. The highest BCUT2D eigenvalue weighted by molar-refractivity contribution is 5.44. The maximum absolute atomic E-state index is 8.75. The van der Waals surface area contributed by atoms with E-state index in [9.17, 15) is 0 Å². The number of rotatable bonds is 7. The largest absolute Gasteiger partial charge is 0.396 e. The molecule has 0 saturated carbocycles. The molecule has 0 saturated heterocycles. The Balaban J connectivity index is 2.29. The summed E-state index contributed by atoms with van der Waals surface area (Å²) in [4.78, 5) is 0. The van der Waals surface area contributed by atoms with E-state index >= 15 is 0 Å². The van der Waals surface area contributed by atoms with Crippen molar-refractivity contribution in [3.8, 4) is 0 Å². The lowest BCUT2D eigenvalue weighted by atomic mass is 10.1. The summed E-state index contributed by atoms with van der Waals surface area (Å²) in [7, 11) is 0. The fourth-order valence-corrected chi connectivity index (χ4v) is 1.39. The maximum atomic E-state index is 8.75. The van der Waals surface area contributed by atoms with Crippen LogP contribution in [0.1, 0.15) is 18.4 Å². The van der Waals surface area contributed by atoms with Crippen molar-refractivity contribution in [2.24, 2.45) is 0 Å². The van der Waals surface area contributed by atoms with E-state index in [0.29, 0.717) is 6.42 Å². The summed E-state index contributed by atoms with van der Waals surface area (Å²) in [6.45, 7) is 1.35. The average Bonchev–Trinajstić information content (AvgIpc) is 2.27. The molecule has 0 aliphatic carbocycles. The predicted octanol–water partition coefficient (Wildman–Crippen LogP) is 1.41. The van der Waals surface area contributed by atoms with Crippen LogP contribution in [0.2, 0.25) is 0 Å². The molecular weight excluding hydrogens is 190 g/mol. The molecule has 0 aliphatic rings. The standard InChI is InChI=1S/C12H19NO2/c14-9-2-1-8-13-12-5-3-11(4-6-12)7-10-15/h3-6,13-15H,1-2,7-10H2. The molecule has 0 radical (unpaired) electrons. The summed E-state index contributed by atoms with van der Waals surface area (Å²) < 4.78 is 0. The monoisotopic (exact) mass is 209 g/mol. The van der Waals surface area contributed by atoms with Gasteiger partial charge >= 0.3 is 0 Å². The predicted molar refractivity (Wildman–Crippen MR) is 62.0 cm³/mol. The molecular formula is C12H19NO2. The molecule has 3 heteroatoms. The van der Waals surface area contributed by atoms with Crippen LogP contribution < -0.4 is 5.32 Å². The lowest BCUT2D eigenvalue weighted by Crippen LogP contribution is -2.02. The molecule has 1 aromatic carbocycles. The normalized spacial score (nSPS) is 10.3. The Hall–Kier alpha value is -1.06. The summed E-state index contributed by atoms with van der Waals surface area (Å²) in [5, 5.41) is 20.6. The van der Waals surface area contributed by atoms with Crippen LogP contribution in [0.25, 0.3) is 0 Å². The molecule has 84 valence electrons. The third-order valence-corrected chi connectivity index (χ3v) is 2.27. The Bertz CT molecular complexity index is 259. The number of aliphatic hydroxyl groups is 2. The lowest BCUT2D eigenvalue weighted by molar-refractivity contribution is 0.286. The third-order valence-electron chi connectivity index (χ3n) is 2.27. The molecule has 0 aromatic heterocycles. The maximum Gasteiger partial charge on any atom is 0.0471 e. The van der Waals surface area contributed by atoms with Gasteiger partial charge in [-0.05, 0) is 37.0 Å². The van der Waals surface area contributed by atoms with Crippen molar-refractivity contribution in [2.75, 3.05) is 25.1 Å². The number of aliphatic hydroxyl groups excluding tert-OH is 2. The van der Waals surface area contributed by atoms with E-state index in [1.807, 2.05) is 24.3 Å². The van der Waals surface area contributed by atoms with Gasteiger partial charge < -0.3 is 15.5 Å². The van der Waals surface area contributed by atoms with E-state index in [-0.39, 0.29) is 13.2 Å². The molecule has 3 N–H and O–H groups in total. The zero-order chi connectivity index (χ0) is 10.9. The summed E-state index contributed by atoms with van der Waals surface area (Å²) in [6.07, 6.45) is 2.54. The molecule has 0 heterocycles. The highest BCUT2D eigenvalue weighted by Gasteiger charge is 1.93. The van der Waals surface area contributed by atoms with Crippen molar-refractivity contribution in [2.45, 2.75) is 19.3 Å². The molecule has 0 amide bonds. The van der Waals surface area contributed by atoms with Gasteiger partial charge in [0.15, 0.2) is 0 Å². The Labute approximate surface area is 90.8 Å². The van der Waals surface area contributed by atoms with Crippen molar-refractivity contribution >= 4 is 5.69 Å². The summed E-state index contributed by atoms with van der Waals surface area (Å²) in [5.74, 6) is 0. The quantitative estimate of drug-likeness (QED) is 0.595. The van der Waals surface area contributed by atoms with Crippen LogP contribution in [0.15, 0.2) is 24.3 Å². The number of unbranched alkanes of at least 4 members (excludes halogenated alkanes) is 1. The number of anilines is 1. The molecule has 0 atom stereocenters. The minimum Gasteiger partial charge on any atom is -0.396 e. The highest BCUT2D eigenvalue weighted by Crippen LogP contribution is 2.09. The SMILES string of the molecule is OCCCCNc1ccc(CCO)cc1. The van der Waals surface area contributed by atoms with E-state index in [1.54, 1.807) is 0 Å². The van der Waals surface area contributed by atoms with Gasteiger partial charge in [-0.25, -0.2) is 0 Å². The Morgan fingerprint density at radius 1 is 0.933 bits per heavy atom. The fourth-order valence-electron chi connectivity index (χ4n) is 1.39. The van der Waals surface area contributed by atoms with Crippen molar-refractivity contribution in [1.29, 1.82) is 0 Å². The first-order valence-corrected chi connectivity index (χ1v) is 5.41. The Morgan fingerprint density at radius 2 is 1.67 bits per heavy atom. The fraction of sp³-hybridized carbons (Fsp3) is 0.500. The summed E-state index contributed by atoms with van der Waals surface area (Å²) >= 11 is 0. The van der Waals surface area contributed by atoms with Gasteiger partial charge in [-0.15, -0.1) is 0 Å². The Kier molecular flexibility index (Phi) is 5.81. The van der Waals surface area contributed by atoms with Gasteiger partial charge in [0.05, 0.1) is 0 Å². The molecule has 0 bridgehead atoms. The second-order valence-electron chi connectivity index (χ2n) is 3.53. The third kappa shape index (κ3) is 4.81. The molecule has 3 nitrogen and oxygen atoms in total. The zero-order valence-corrected chi connectivity index (χ0v) is 8.95. The van der Waals surface area contributed by atoms with Crippen LogP contribution in [0.5, 0.6) is 0 Å². The minimum atomic E-state index is 0.198. The topological polar surface area (TPSA) is 52.5 Å². The minimum absolute atomic E-state index is 0.198. The van der Waals surface area contributed by atoms with Gasteiger partial charge in [-0.1, -0.05) is 12.1 Å². The summed E-state index contributed by atoms with van der Waals surface area (Å²) in [5.41, 5.74) is 2.24. The van der Waals surface area contributed by atoms with Crippen LogP contribution in [-0.4, -0.2) is 30.0 Å². The molecule has 0 spiro atoms. The molecule has 15 heavy (non-hydrogen) atoms.